The van der Waals surface area contributed by atoms with E-state index in [1.807, 2.05) is 0 Å². The van der Waals surface area contributed by atoms with Gasteiger partial charge in [-0.05, 0) is 11.1 Å². The number of hydrogen-bond donors (Lipinski definition) is 4. The summed E-state index contributed by atoms with van der Waals surface area (Å²) in [7, 11) is 0. The van der Waals surface area contributed by atoms with Crippen LogP contribution in [0.5, 0.6) is 0 Å². The summed E-state index contributed by atoms with van der Waals surface area (Å²) in [6.07, 6.45) is -6.08. The molecule has 0 radical (unpaired) electrons. The lowest BCUT2D eigenvalue weighted by Gasteiger charge is -2.40. The molecule has 1 aliphatic heterocycles. The predicted octanol–water partition coefficient (Wildman–Crippen LogP) is -3.33. The van der Waals surface area contributed by atoms with Gasteiger partial charge in [0.2, 0.25) is 0 Å². The highest BCUT2D eigenvalue weighted by Gasteiger charge is 2.43. The Kier molecular flexibility index (Phi) is 3.95. The maximum Gasteiger partial charge on any atom is 0.148 e. The molecule has 0 aliphatic carbocycles. The van der Waals surface area contributed by atoms with E-state index in [9.17, 15) is 24.1 Å². The summed E-state index contributed by atoms with van der Waals surface area (Å²) < 4.78 is 25.7. The topological polar surface area (TPSA) is 130 Å². The lowest BCUT2D eigenvalue weighted by molar-refractivity contribution is -0.207. The molecule has 0 saturated carbocycles. The zero-order valence-corrected chi connectivity index (χ0v) is 7.83. The van der Waals surface area contributed by atoms with E-state index in [1.54, 1.807) is 0 Å². The van der Waals surface area contributed by atoms with Gasteiger partial charge in [-0.15, -0.1) is 0 Å². The lowest BCUT2D eigenvalue weighted by Crippen LogP contribution is -2.59. The molecule has 1 rings (SSSR count). The van der Waals surface area contributed by atoms with E-state index in [-0.39, 0.29) is 0 Å². The van der Waals surface area contributed by atoms with E-state index >= 15 is 0 Å². The molecule has 1 saturated heterocycles. The quantitative estimate of drug-likeness (QED) is 0.363. The minimum Gasteiger partial charge on any atom is -0.770 e. The average molecular weight is 227 g/mol. The number of aliphatic hydroxyl groups excluding tert-OH is 4. The zero-order chi connectivity index (χ0) is 10.9. The maximum absolute atomic E-state index is 10.5. The molecule has 2 unspecified atom stereocenters. The second-order valence-corrected chi connectivity index (χ2v) is 3.94. The van der Waals surface area contributed by atoms with Crippen LogP contribution >= 0.6 is 0 Å². The molecule has 0 spiro atoms. The summed E-state index contributed by atoms with van der Waals surface area (Å²) >= 11 is -2.74. The molecule has 1 fully saturated rings. The van der Waals surface area contributed by atoms with Crippen molar-refractivity contribution in [3.05, 3.63) is 0 Å². The van der Waals surface area contributed by atoms with Gasteiger partial charge in [-0.2, -0.15) is 0 Å². The molecule has 1 aliphatic rings. The van der Waals surface area contributed by atoms with Crippen molar-refractivity contribution in [1.29, 1.82) is 0 Å². The zero-order valence-electron chi connectivity index (χ0n) is 7.02. The fourth-order valence-corrected chi connectivity index (χ4v) is 1.85. The van der Waals surface area contributed by atoms with Crippen LogP contribution in [0.2, 0.25) is 0 Å². The van der Waals surface area contributed by atoms with Gasteiger partial charge in [0.15, 0.2) is 0 Å². The van der Waals surface area contributed by atoms with Crippen LogP contribution in [0.4, 0.5) is 0 Å². The van der Waals surface area contributed by atoms with Gasteiger partial charge in [-0.25, -0.2) is 0 Å². The van der Waals surface area contributed by atoms with Crippen LogP contribution in [0, 0.1) is 0 Å². The number of aliphatic hydroxyl groups is 4. The second-order valence-electron chi connectivity index (χ2n) is 2.96. The minimum atomic E-state index is -2.74. The van der Waals surface area contributed by atoms with Crippen LogP contribution in [0.1, 0.15) is 0 Å². The average Bonchev–Trinajstić information content (AvgIpc) is 2.14. The molecule has 0 aromatic rings. The van der Waals surface area contributed by atoms with Crippen molar-refractivity contribution in [3.8, 4) is 0 Å². The van der Waals surface area contributed by atoms with Gasteiger partial charge in [0.05, 0.1) is 6.61 Å². The van der Waals surface area contributed by atoms with Gasteiger partial charge in [0.1, 0.15) is 29.9 Å². The van der Waals surface area contributed by atoms with Crippen LogP contribution in [0.3, 0.4) is 0 Å². The number of hydrogen-bond acceptors (Lipinski definition) is 7. The molecule has 8 heteroatoms. The van der Waals surface area contributed by atoms with Crippen LogP contribution < -0.4 is 0 Å². The summed E-state index contributed by atoms with van der Waals surface area (Å²) in [5, 5.41) is 36.3. The molecule has 84 valence electrons. The first kappa shape index (κ1) is 12.0. The van der Waals surface area contributed by atoms with E-state index < -0.39 is 47.5 Å². The van der Waals surface area contributed by atoms with Gasteiger partial charge in [-0.3, -0.25) is 4.21 Å². The minimum absolute atomic E-state index is 0.640. The lowest BCUT2D eigenvalue weighted by atomic mass is 10.0. The van der Waals surface area contributed by atoms with E-state index in [0.29, 0.717) is 0 Å². The molecule has 14 heavy (non-hydrogen) atoms. The van der Waals surface area contributed by atoms with Crippen molar-refractivity contribution in [2.45, 2.75) is 29.9 Å². The third-order valence-corrected chi connectivity index (χ3v) is 2.81. The fourth-order valence-electron chi connectivity index (χ4n) is 1.23. The molecule has 0 aromatic carbocycles. The normalized spacial score (nSPS) is 46.2. The molecule has 6 atom stereocenters. The smallest absolute Gasteiger partial charge is 0.148 e. The van der Waals surface area contributed by atoms with Crippen molar-refractivity contribution in [1.82, 2.24) is 0 Å². The third-order valence-electron chi connectivity index (χ3n) is 2.04. The Morgan fingerprint density at radius 1 is 1.21 bits per heavy atom. The van der Waals surface area contributed by atoms with E-state index in [1.165, 1.54) is 0 Å². The third kappa shape index (κ3) is 2.11. The van der Waals surface area contributed by atoms with Crippen molar-refractivity contribution in [3.63, 3.8) is 0 Å². The number of ether oxygens (including phenoxy) is 1. The van der Waals surface area contributed by atoms with Crippen molar-refractivity contribution in [2.24, 2.45) is 0 Å². The first-order valence-electron chi connectivity index (χ1n) is 3.87. The second kappa shape index (κ2) is 4.62. The SMILES string of the molecule is O=S([O-])C1O[C@H](CO)[C@@H](O)[C@H](O)[C@@H]1O. The van der Waals surface area contributed by atoms with E-state index in [0.717, 1.165) is 0 Å². The molecule has 1 heterocycles. The molecular weight excluding hydrogens is 216 g/mol. The molecule has 0 aromatic heterocycles. The summed E-state index contributed by atoms with van der Waals surface area (Å²) in [4.78, 5) is 0. The molecule has 4 N–H and O–H groups in total. The fraction of sp³-hybridized carbons (Fsp3) is 1.00. The van der Waals surface area contributed by atoms with Crippen molar-refractivity contribution >= 4 is 11.1 Å². The largest absolute Gasteiger partial charge is 0.770 e. The Labute approximate surface area is 82.2 Å². The summed E-state index contributed by atoms with van der Waals surface area (Å²) in [5.74, 6) is 0. The monoisotopic (exact) mass is 227 g/mol. The van der Waals surface area contributed by atoms with Crippen LogP contribution in [0.15, 0.2) is 0 Å². The highest BCUT2D eigenvalue weighted by molar-refractivity contribution is 7.79. The molecular formula is C6H11O7S-. The van der Waals surface area contributed by atoms with Gasteiger partial charge in [0.25, 0.3) is 0 Å². The van der Waals surface area contributed by atoms with Crippen LogP contribution in [0.25, 0.3) is 0 Å². The highest BCUT2D eigenvalue weighted by atomic mass is 32.2. The summed E-state index contributed by atoms with van der Waals surface area (Å²) in [6, 6.07) is 0. The Morgan fingerprint density at radius 2 is 1.79 bits per heavy atom. The standard InChI is InChI=1S/C6H12O7S/c7-1-2-3(8)4(9)5(10)6(13-2)14(11)12/h2-10H,1H2,(H,11,12)/p-1/t2-,3-,4+,5+,6?/m1/s1. The molecule has 7 nitrogen and oxygen atoms in total. The first-order valence-corrected chi connectivity index (χ1v) is 5.01. The Balaban J connectivity index is 2.78. The number of rotatable bonds is 2. The van der Waals surface area contributed by atoms with Crippen molar-refractivity contribution < 1.29 is 33.9 Å². The van der Waals surface area contributed by atoms with Gasteiger partial charge < -0.3 is 29.7 Å². The van der Waals surface area contributed by atoms with E-state index in [2.05, 4.69) is 4.74 Å². The van der Waals surface area contributed by atoms with Gasteiger partial charge in [-0.1, -0.05) is 0 Å². The molecule has 0 bridgehead atoms. The predicted molar refractivity (Wildman–Crippen MR) is 42.7 cm³/mol. The van der Waals surface area contributed by atoms with Crippen LogP contribution in [-0.2, 0) is 15.8 Å². The maximum atomic E-state index is 10.5. The van der Waals surface area contributed by atoms with Gasteiger partial charge >= 0.3 is 0 Å². The van der Waals surface area contributed by atoms with Crippen molar-refractivity contribution in [2.75, 3.05) is 6.61 Å². The van der Waals surface area contributed by atoms with E-state index in [4.69, 9.17) is 5.11 Å². The van der Waals surface area contributed by atoms with Gasteiger partial charge in [0, 0.05) is 0 Å². The summed E-state index contributed by atoms with van der Waals surface area (Å²) in [6.45, 7) is -0.640. The Bertz CT molecular complexity index is 220. The Hall–Kier alpha value is -0.0900. The Morgan fingerprint density at radius 3 is 2.21 bits per heavy atom. The van der Waals surface area contributed by atoms with Crippen LogP contribution in [-0.4, -0.2) is 65.6 Å². The highest BCUT2D eigenvalue weighted by Crippen LogP contribution is 2.22. The first-order chi connectivity index (χ1) is 6.49. The molecule has 0 amide bonds. The summed E-state index contributed by atoms with van der Waals surface area (Å²) in [5.41, 5.74) is -1.63.